The van der Waals surface area contributed by atoms with E-state index in [2.05, 4.69) is 30.8 Å². The van der Waals surface area contributed by atoms with Crippen molar-refractivity contribution in [3.63, 3.8) is 0 Å². The van der Waals surface area contributed by atoms with Crippen molar-refractivity contribution < 1.29 is 0 Å². The van der Waals surface area contributed by atoms with E-state index in [1.165, 1.54) is 23.9 Å². The van der Waals surface area contributed by atoms with Crippen LogP contribution in [0.3, 0.4) is 0 Å². The summed E-state index contributed by atoms with van der Waals surface area (Å²) in [6, 6.07) is 4.41. The SMILES string of the molecule is CNCC1CCCCN1c1ccc2nnnn2n1. The van der Waals surface area contributed by atoms with Crippen molar-refractivity contribution in [3.05, 3.63) is 12.1 Å². The summed E-state index contributed by atoms with van der Waals surface area (Å²) in [4.78, 5) is 2.35. The third-order valence-electron chi connectivity index (χ3n) is 3.42. The number of hydrogen-bond donors (Lipinski definition) is 1. The molecule has 0 amide bonds. The van der Waals surface area contributed by atoms with Crippen molar-refractivity contribution >= 4 is 11.5 Å². The summed E-state index contributed by atoms with van der Waals surface area (Å²) in [7, 11) is 1.99. The lowest BCUT2D eigenvalue weighted by Crippen LogP contribution is -2.45. The molecule has 0 aromatic carbocycles. The van der Waals surface area contributed by atoms with Gasteiger partial charge in [-0.25, -0.2) is 0 Å². The second-order valence-corrected chi connectivity index (χ2v) is 4.62. The van der Waals surface area contributed by atoms with E-state index >= 15 is 0 Å². The molecule has 1 aliphatic rings. The Morgan fingerprint density at radius 1 is 1.39 bits per heavy atom. The summed E-state index contributed by atoms with van der Waals surface area (Å²) < 4.78 is 1.49. The number of hydrogen-bond acceptors (Lipinski definition) is 6. The standard InChI is InChI=1S/C11H17N7/c1-12-8-9-4-2-3-7-17(9)11-6-5-10-13-15-16-18(10)14-11/h5-6,9,12H,2-4,7-8H2,1H3. The second kappa shape index (κ2) is 4.85. The molecule has 0 saturated carbocycles. The second-order valence-electron chi connectivity index (χ2n) is 4.62. The number of nitrogens with one attached hydrogen (secondary N) is 1. The summed E-state index contributed by atoms with van der Waals surface area (Å²) in [6.45, 7) is 2.03. The van der Waals surface area contributed by atoms with Gasteiger partial charge >= 0.3 is 0 Å². The van der Waals surface area contributed by atoms with Gasteiger partial charge in [-0.05, 0) is 48.9 Å². The maximum atomic E-state index is 4.47. The van der Waals surface area contributed by atoms with Crippen LogP contribution in [0.4, 0.5) is 5.82 Å². The molecule has 18 heavy (non-hydrogen) atoms. The Balaban J connectivity index is 1.90. The first-order chi connectivity index (χ1) is 8.88. The van der Waals surface area contributed by atoms with Crippen molar-refractivity contribution in [2.24, 2.45) is 0 Å². The fourth-order valence-corrected chi connectivity index (χ4v) is 2.54. The molecule has 1 atom stereocenters. The molecule has 3 rings (SSSR count). The Labute approximate surface area is 105 Å². The van der Waals surface area contributed by atoms with Crippen molar-refractivity contribution in [3.8, 4) is 0 Å². The zero-order chi connectivity index (χ0) is 12.4. The van der Waals surface area contributed by atoms with Crippen LogP contribution in [0.15, 0.2) is 12.1 Å². The van der Waals surface area contributed by atoms with Gasteiger partial charge in [-0.2, -0.15) is 0 Å². The van der Waals surface area contributed by atoms with E-state index in [0.29, 0.717) is 11.7 Å². The highest BCUT2D eigenvalue weighted by Crippen LogP contribution is 2.22. The zero-order valence-corrected chi connectivity index (χ0v) is 10.5. The Morgan fingerprint density at radius 2 is 2.33 bits per heavy atom. The van der Waals surface area contributed by atoms with Crippen LogP contribution in [0.25, 0.3) is 5.65 Å². The number of rotatable bonds is 3. The van der Waals surface area contributed by atoms with Gasteiger partial charge in [0.1, 0.15) is 0 Å². The van der Waals surface area contributed by atoms with Gasteiger partial charge in [0.05, 0.1) is 0 Å². The predicted molar refractivity (Wildman–Crippen MR) is 67.5 cm³/mol. The first-order valence-corrected chi connectivity index (χ1v) is 6.35. The number of likely N-dealkylation sites (N-methyl/N-ethyl adjacent to an activating group) is 1. The van der Waals surface area contributed by atoms with Crippen LogP contribution in [0.1, 0.15) is 19.3 Å². The molecule has 0 bridgehead atoms. The van der Waals surface area contributed by atoms with Gasteiger partial charge in [-0.3, -0.25) is 0 Å². The largest absolute Gasteiger partial charge is 0.351 e. The highest BCUT2D eigenvalue weighted by atomic mass is 15.6. The quantitative estimate of drug-likeness (QED) is 0.829. The Hall–Kier alpha value is -1.76. The molecule has 0 spiro atoms. The molecule has 1 unspecified atom stereocenters. The smallest absolute Gasteiger partial charge is 0.200 e. The lowest BCUT2D eigenvalue weighted by molar-refractivity contribution is 0.441. The van der Waals surface area contributed by atoms with Crippen molar-refractivity contribution in [2.45, 2.75) is 25.3 Å². The normalized spacial score (nSPS) is 20.5. The molecule has 7 nitrogen and oxygen atoms in total. The first kappa shape index (κ1) is 11.3. The van der Waals surface area contributed by atoms with Crippen LogP contribution in [0, 0.1) is 0 Å². The molecular formula is C11H17N7. The number of anilines is 1. The van der Waals surface area contributed by atoms with Crippen LogP contribution in [-0.2, 0) is 0 Å². The van der Waals surface area contributed by atoms with E-state index in [-0.39, 0.29) is 0 Å². The van der Waals surface area contributed by atoms with Gasteiger partial charge in [0, 0.05) is 19.1 Å². The summed E-state index contributed by atoms with van der Waals surface area (Å²) >= 11 is 0. The predicted octanol–water partition coefficient (Wildman–Crippen LogP) is 0.0976. The fraction of sp³-hybridized carbons (Fsp3) is 0.636. The number of piperidine rings is 1. The van der Waals surface area contributed by atoms with E-state index in [1.807, 2.05) is 19.2 Å². The molecule has 1 saturated heterocycles. The summed E-state index contributed by atoms with van der Waals surface area (Å²) in [5.74, 6) is 0.953. The zero-order valence-electron chi connectivity index (χ0n) is 10.5. The van der Waals surface area contributed by atoms with Crippen LogP contribution < -0.4 is 10.2 Å². The molecule has 1 fully saturated rings. The summed E-state index contributed by atoms with van der Waals surface area (Å²) in [5, 5.41) is 19.1. The molecule has 2 aromatic rings. The average molecular weight is 247 g/mol. The van der Waals surface area contributed by atoms with Gasteiger partial charge in [0.25, 0.3) is 0 Å². The topological polar surface area (TPSA) is 71.2 Å². The minimum Gasteiger partial charge on any atom is -0.351 e. The fourth-order valence-electron chi connectivity index (χ4n) is 2.54. The van der Waals surface area contributed by atoms with Crippen molar-refractivity contribution in [1.29, 1.82) is 0 Å². The number of nitrogens with zero attached hydrogens (tertiary/aromatic N) is 6. The van der Waals surface area contributed by atoms with Gasteiger partial charge < -0.3 is 10.2 Å². The maximum Gasteiger partial charge on any atom is 0.200 e. The molecule has 0 aliphatic carbocycles. The third-order valence-corrected chi connectivity index (χ3v) is 3.42. The molecule has 96 valence electrons. The van der Waals surface area contributed by atoms with Crippen LogP contribution in [-0.4, -0.2) is 51.4 Å². The minimum absolute atomic E-state index is 0.505. The summed E-state index contributed by atoms with van der Waals surface area (Å²) in [6.07, 6.45) is 3.71. The molecule has 1 N–H and O–H groups in total. The van der Waals surface area contributed by atoms with Crippen LogP contribution in [0.2, 0.25) is 0 Å². The van der Waals surface area contributed by atoms with E-state index in [9.17, 15) is 0 Å². The maximum absolute atomic E-state index is 4.47. The molecular weight excluding hydrogens is 230 g/mol. The number of tetrazole rings is 1. The van der Waals surface area contributed by atoms with E-state index in [0.717, 1.165) is 18.9 Å². The Bertz CT molecular complexity index is 521. The lowest BCUT2D eigenvalue weighted by atomic mass is 10.0. The van der Waals surface area contributed by atoms with Gasteiger partial charge in [0.2, 0.25) is 0 Å². The Kier molecular flexibility index (Phi) is 3.06. The lowest BCUT2D eigenvalue weighted by Gasteiger charge is -2.36. The van der Waals surface area contributed by atoms with E-state index in [4.69, 9.17) is 0 Å². The number of aromatic nitrogens is 5. The van der Waals surface area contributed by atoms with Gasteiger partial charge in [-0.15, -0.1) is 14.8 Å². The van der Waals surface area contributed by atoms with Crippen LogP contribution in [0.5, 0.6) is 0 Å². The minimum atomic E-state index is 0.505. The highest BCUT2D eigenvalue weighted by Gasteiger charge is 2.23. The molecule has 3 heterocycles. The molecule has 1 aliphatic heterocycles. The first-order valence-electron chi connectivity index (χ1n) is 6.35. The number of fused-ring (bicyclic) bond motifs is 1. The monoisotopic (exact) mass is 247 g/mol. The third kappa shape index (κ3) is 2.01. The van der Waals surface area contributed by atoms with Crippen molar-refractivity contribution in [1.82, 2.24) is 30.6 Å². The van der Waals surface area contributed by atoms with E-state index < -0.39 is 0 Å². The molecule has 7 heteroatoms. The molecule has 0 radical (unpaired) electrons. The Morgan fingerprint density at radius 3 is 3.22 bits per heavy atom. The van der Waals surface area contributed by atoms with Crippen molar-refractivity contribution in [2.75, 3.05) is 25.0 Å². The van der Waals surface area contributed by atoms with E-state index in [1.54, 1.807) is 0 Å². The average Bonchev–Trinajstić information content (AvgIpc) is 2.87. The highest BCUT2D eigenvalue weighted by molar-refractivity contribution is 5.45. The van der Waals surface area contributed by atoms with Gasteiger partial charge in [0.15, 0.2) is 11.5 Å². The molecule has 2 aromatic heterocycles. The summed E-state index contributed by atoms with van der Waals surface area (Å²) in [5.41, 5.74) is 0.681. The van der Waals surface area contributed by atoms with Gasteiger partial charge in [-0.1, -0.05) is 0 Å². The van der Waals surface area contributed by atoms with Crippen LogP contribution >= 0.6 is 0 Å².